The molecule has 0 bridgehead atoms. The molecule has 0 saturated heterocycles. The minimum Gasteiger partial charge on any atom is -0.324 e. The van der Waals surface area contributed by atoms with Gasteiger partial charge in [0.2, 0.25) is 5.96 Å². The predicted molar refractivity (Wildman–Crippen MR) is 50.6 cm³/mol. The Kier molecular flexibility index (Phi) is 2.10. The summed E-state index contributed by atoms with van der Waals surface area (Å²) in [5.41, 5.74) is 5.55. The lowest BCUT2D eigenvalue weighted by Gasteiger charge is -2.41. The minimum atomic E-state index is -0.429. The van der Waals surface area contributed by atoms with E-state index in [1.807, 2.05) is 43.1 Å². The number of guanidine groups is 1. The van der Waals surface area contributed by atoms with Gasteiger partial charge in [0.15, 0.2) is 0 Å². The fraction of sp³-hybridized carbons (Fsp3) is 0.625. The van der Waals surface area contributed by atoms with Gasteiger partial charge in [0.25, 0.3) is 0 Å². The molecule has 0 spiro atoms. The molecule has 0 aromatic rings. The second-order valence-corrected chi connectivity index (χ2v) is 3.24. The normalized spacial score (nSPS) is 33.2. The van der Waals surface area contributed by atoms with E-state index in [9.17, 15) is 0 Å². The van der Waals surface area contributed by atoms with Gasteiger partial charge in [-0.3, -0.25) is 4.99 Å². The molecule has 1 aliphatic heterocycles. The van der Waals surface area contributed by atoms with E-state index in [0.717, 1.165) is 5.96 Å². The van der Waals surface area contributed by atoms with E-state index in [1.54, 1.807) is 7.05 Å². The molecule has 0 aromatic heterocycles. The maximum Gasteiger partial charge on any atom is 0.201 e. The van der Waals surface area contributed by atoms with Crippen LogP contribution in [0.25, 0.3) is 0 Å². The van der Waals surface area contributed by atoms with Crippen molar-refractivity contribution in [1.29, 1.82) is 0 Å². The van der Waals surface area contributed by atoms with Crippen molar-refractivity contribution in [2.45, 2.75) is 12.6 Å². The zero-order chi connectivity index (χ0) is 9.35. The molecule has 1 rings (SSSR count). The average molecular weight is 168 g/mol. The summed E-state index contributed by atoms with van der Waals surface area (Å²) in [4.78, 5) is 8.02. The Bertz CT molecular complexity index is 229. The van der Waals surface area contributed by atoms with Gasteiger partial charge in [0.1, 0.15) is 5.66 Å². The average Bonchev–Trinajstić information content (AvgIpc) is 2.00. The van der Waals surface area contributed by atoms with Crippen LogP contribution in [0.4, 0.5) is 0 Å². The highest BCUT2D eigenvalue weighted by molar-refractivity contribution is 5.82. The summed E-state index contributed by atoms with van der Waals surface area (Å²) in [6, 6.07) is 0. The molecule has 1 heterocycles. The van der Waals surface area contributed by atoms with Crippen LogP contribution in [0.3, 0.4) is 0 Å². The minimum absolute atomic E-state index is 0.429. The van der Waals surface area contributed by atoms with E-state index in [1.165, 1.54) is 0 Å². The van der Waals surface area contributed by atoms with Crippen LogP contribution >= 0.6 is 0 Å². The Morgan fingerprint density at radius 1 is 1.50 bits per heavy atom. The molecule has 1 atom stereocenters. The van der Waals surface area contributed by atoms with E-state index in [2.05, 4.69) is 4.99 Å². The van der Waals surface area contributed by atoms with E-state index in [4.69, 9.17) is 5.73 Å². The molecule has 0 amide bonds. The number of rotatable bonds is 0. The number of nitrogens with two attached hydrogens (primary N) is 1. The van der Waals surface area contributed by atoms with Crippen molar-refractivity contribution in [2.75, 3.05) is 21.1 Å². The fourth-order valence-electron chi connectivity index (χ4n) is 1.20. The van der Waals surface area contributed by atoms with E-state index < -0.39 is 5.66 Å². The highest BCUT2D eigenvalue weighted by Crippen LogP contribution is 2.15. The number of aliphatic imine (C=N–C) groups is 1. The molecule has 2 N–H and O–H groups in total. The Balaban J connectivity index is 3.02. The van der Waals surface area contributed by atoms with E-state index >= 15 is 0 Å². The first-order valence-electron chi connectivity index (χ1n) is 3.90. The van der Waals surface area contributed by atoms with Crippen molar-refractivity contribution in [3.8, 4) is 0 Å². The van der Waals surface area contributed by atoms with Crippen molar-refractivity contribution in [3.63, 3.8) is 0 Å². The Morgan fingerprint density at radius 2 is 2.08 bits per heavy atom. The lowest BCUT2D eigenvalue weighted by atomic mass is 10.1. The third-order valence-electron chi connectivity index (χ3n) is 2.17. The Morgan fingerprint density at radius 3 is 2.50 bits per heavy atom. The highest BCUT2D eigenvalue weighted by Gasteiger charge is 2.28. The molecular weight excluding hydrogens is 152 g/mol. The third kappa shape index (κ3) is 1.30. The second-order valence-electron chi connectivity index (χ2n) is 3.24. The van der Waals surface area contributed by atoms with Crippen LogP contribution in [0, 0.1) is 0 Å². The summed E-state index contributed by atoms with van der Waals surface area (Å²) in [5, 5.41) is 0. The summed E-state index contributed by atoms with van der Waals surface area (Å²) < 4.78 is 0. The van der Waals surface area contributed by atoms with Crippen LogP contribution in [0.15, 0.2) is 17.3 Å². The van der Waals surface area contributed by atoms with E-state index in [-0.39, 0.29) is 0 Å². The van der Waals surface area contributed by atoms with Crippen LogP contribution in [0.1, 0.15) is 6.92 Å². The zero-order valence-electron chi connectivity index (χ0n) is 8.07. The number of hydrogen-bond donors (Lipinski definition) is 1. The quantitative estimate of drug-likeness (QED) is 0.555. The zero-order valence-corrected chi connectivity index (χ0v) is 8.07. The van der Waals surface area contributed by atoms with Gasteiger partial charge in [-0.15, -0.1) is 0 Å². The molecule has 4 heteroatoms. The van der Waals surface area contributed by atoms with Gasteiger partial charge in [0.05, 0.1) is 0 Å². The van der Waals surface area contributed by atoms with Crippen LogP contribution in [-0.4, -0.2) is 42.6 Å². The fourth-order valence-corrected chi connectivity index (χ4v) is 1.20. The largest absolute Gasteiger partial charge is 0.324 e. The van der Waals surface area contributed by atoms with Crippen LogP contribution in [0.2, 0.25) is 0 Å². The van der Waals surface area contributed by atoms with Crippen molar-refractivity contribution in [2.24, 2.45) is 10.7 Å². The molecule has 1 aliphatic rings. The highest BCUT2D eigenvalue weighted by atomic mass is 15.4. The molecular formula is C8H16N4. The summed E-state index contributed by atoms with van der Waals surface area (Å²) in [6.07, 6.45) is 3.88. The van der Waals surface area contributed by atoms with E-state index in [0.29, 0.717) is 0 Å². The van der Waals surface area contributed by atoms with Gasteiger partial charge in [-0.2, -0.15) is 0 Å². The monoisotopic (exact) mass is 168 g/mol. The van der Waals surface area contributed by atoms with Gasteiger partial charge < -0.3 is 15.5 Å². The maximum absolute atomic E-state index is 5.98. The first kappa shape index (κ1) is 9.06. The molecule has 0 saturated carbocycles. The summed E-state index contributed by atoms with van der Waals surface area (Å²) in [5.74, 6) is 0.877. The van der Waals surface area contributed by atoms with Gasteiger partial charge in [-0.05, 0) is 13.0 Å². The van der Waals surface area contributed by atoms with Crippen molar-refractivity contribution in [3.05, 3.63) is 12.3 Å². The first-order valence-corrected chi connectivity index (χ1v) is 3.90. The molecule has 4 nitrogen and oxygen atoms in total. The predicted octanol–water partition coefficient (Wildman–Crippen LogP) is 0.0380. The molecule has 0 aliphatic carbocycles. The van der Waals surface area contributed by atoms with Crippen LogP contribution in [0.5, 0.6) is 0 Å². The van der Waals surface area contributed by atoms with Crippen LogP contribution < -0.4 is 5.73 Å². The Labute approximate surface area is 73.4 Å². The summed E-state index contributed by atoms with van der Waals surface area (Å²) in [6.45, 7) is 1.95. The molecule has 0 aromatic carbocycles. The maximum atomic E-state index is 5.98. The van der Waals surface area contributed by atoms with Gasteiger partial charge in [-0.25, -0.2) is 0 Å². The second kappa shape index (κ2) is 2.79. The topological polar surface area (TPSA) is 44.9 Å². The Hall–Kier alpha value is -1.03. The third-order valence-corrected chi connectivity index (χ3v) is 2.17. The van der Waals surface area contributed by atoms with Crippen molar-refractivity contribution < 1.29 is 0 Å². The number of hydrogen-bond acceptors (Lipinski definition) is 2. The molecule has 1 unspecified atom stereocenters. The van der Waals surface area contributed by atoms with Crippen molar-refractivity contribution in [1.82, 2.24) is 9.80 Å². The smallest absolute Gasteiger partial charge is 0.201 e. The molecule has 68 valence electrons. The van der Waals surface area contributed by atoms with Crippen molar-refractivity contribution >= 4 is 5.96 Å². The summed E-state index contributed by atoms with van der Waals surface area (Å²) in [7, 11) is 5.64. The van der Waals surface area contributed by atoms with Gasteiger partial charge in [-0.1, -0.05) is 0 Å². The standard InChI is InChI=1S/C8H16N4/c1-8(9)5-6-11(3)7(10-2)12(8)4/h5-6H,9H2,1-4H3. The lowest BCUT2D eigenvalue weighted by molar-refractivity contribution is 0.260. The summed E-state index contributed by atoms with van der Waals surface area (Å²) >= 11 is 0. The molecule has 0 radical (unpaired) electrons. The molecule has 0 fully saturated rings. The molecule has 12 heavy (non-hydrogen) atoms. The lowest BCUT2D eigenvalue weighted by Crippen LogP contribution is -2.58. The first-order chi connectivity index (χ1) is 5.49. The number of likely N-dealkylation sites (N-methyl/N-ethyl adjacent to an activating group) is 1. The van der Waals surface area contributed by atoms with Gasteiger partial charge >= 0.3 is 0 Å². The SMILES string of the molecule is CN=C1N(C)C=CC(C)(N)N1C. The number of nitrogens with zero attached hydrogens (tertiary/aromatic N) is 3. The van der Waals surface area contributed by atoms with Crippen LogP contribution in [-0.2, 0) is 0 Å². The van der Waals surface area contributed by atoms with Gasteiger partial charge in [0, 0.05) is 27.3 Å².